The molecule has 1 heterocycles. The number of fused-ring (bicyclic) bond motifs is 1. The summed E-state index contributed by atoms with van der Waals surface area (Å²) < 4.78 is 10.9. The third-order valence-electron chi connectivity index (χ3n) is 4.35. The van der Waals surface area contributed by atoms with Crippen molar-refractivity contribution >= 4 is 23.5 Å². The number of ketones is 1. The molecule has 0 unspecified atom stereocenters. The molecule has 0 aromatic rings. The summed E-state index contributed by atoms with van der Waals surface area (Å²) in [5.41, 5.74) is -0.803. The fraction of sp³-hybridized carbons (Fsp3) is 0.867. The molecule has 0 aromatic carbocycles. The van der Waals surface area contributed by atoms with Gasteiger partial charge >= 0.3 is 6.09 Å². The Labute approximate surface area is 130 Å². The third-order valence-corrected chi connectivity index (χ3v) is 5.32. The van der Waals surface area contributed by atoms with Crippen LogP contribution in [0.4, 0.5) is 4.79 Å². The van der Waals surface area contributed by atoms with Crippen LogP contribution in [0, 0.1) is 10.8 Å². The average molecular weight is 318 g/mol. The molecule has 1 amide bonds. The second-order valence-corrected chi connectivity index (χ2v) is 8.52. The molecule has 1 saturated carbocycles. The molecule has 1 saturated heterocycles. The molecule has 0 bridgehead atoms. The van der Waals surface area contributed by atoms with Gasteiger partial charge in [0.25, 0.3) is 0 Å². The molecule has 0 N–H and O–H groups in total. The minimum Gasteiger partial charge on any atom is -0.453 e. The van der Waals surface area contributed by atoms with E-state index in [0.29, 0.717) is 0 Å². The smallest absolute Gasteiger partial charge is 0.412 e. The van der Waals surface area contributed by atoms with Crippen LogP contribution in [0.3, 0.4) is 0 Å². The highest BCUT2D eigenvalue weighted by molar-refractivity contribution is 6.40. The number of Topliss-reactive ketones (excluding diaryl/α,β-unsaturated/α-hetero) is 1. The zero-order valence-electron chi connectivity index (χ0n) is 13.7. The SMILES string of the molecule is COC(=O)N1[C@H]2C(=O)[C@@](Cl)(C(C)(C)C)[C@H]2O[C@@H]1C(C)(C)C. The van der Waals surface area contributed by atoms with Gasteiger partial charge in [0, 0.05) is 5.41 Å². The van der Waals surface area contributed by atoms with E-state index >= 15 is 0 Å². The van der Waals surface area contributed by atoms with Crippen LogP contribution in [0.5, 0.6) is 0 Å². The van der Waals surface area contributed by atoms with Crippen molar-refractivity contribution in [1.82, 2.24) is 4.90 Å². The molecule has 2 rings (SSSR count). The molecule has 2 fully saturated rings. The topological polar surface area (TPSA) is 55.8 Å². The number of methoxy groups -OCH3 is 1. The minimum absolute atomic E-state index is 0.168. The molecule has 4 atom stereocenters. The molecule has 1 aliphatic carbocycles. The van der Waals surface area contributed by atoms with E-state index < -0.39 is 34.8 Å². The lowest BCUT2D eigenvalue weighted by molar-refractivity contribution is -0.148. The summed E-state index contributed by atoms with van der Waals surface area (Å²) in [6.07, 6.45) is -1.59. The second-order valence-electron chi connectivity index (χ2n) is 7.92. The summed E-state index contributed by atoms with van der Waals surface area (Å²) >= 11 is 6.61. The van der Waals surface area contributed by atoms with Gasteiger partial charge in [0.05, 0.1) is 7.11 Å². The Bertz CT molecular complexity index is 479. The lowest BCUT2D eigenvalue weighted by Gasteiger charge is -2.52. The molecule has 120 valence electrons. The van der Waals surface area contributed by atoms with Gasteiger partial charge in [-0.25, -0.2) is 4.79 Å². The quantitative estimate of drug-likeness (QED) is 0.645. The third kappa shape index (κ3) is 2.08. The van der Waals surface area contributed by atoms with E-state index in [0.717, 1.165) is 0 Å². The van der Waals surface area contributed by atoms with Crippen molar-refractivity contribution in [3.8, 4) is 0 Å². The molecule has 5 nitrogen and oxygen atoms in total. The highest BCUT2D eigenvalue weighted by atomic mass is 35.5. The van der Waals surface area contributed by atoms with Crippen LogP contribution < -0.4 is 0 Å². The summed E-state index contributed by atoms with van der Waals surface area (Å²) in [5, 5.41) is 0. The van der Waals surface area contributed by atoms with E-state index in [1.807, 2.05) is 41.5 Å². The van der Waals surface area contributed by atoms with Crippen molar-refractivity contribution in [3.63, 3.8) is 0 Å². The maximum atomic E-state index is 12.7. The van der Waals surface area contributed by atoms with Gasteiger partial charge in [0.1, 0.15) is 23.2 Å². The lowest BCUT2D eigenvalue weighted by atomic mass is 9.61. The number of rotatable bonds is 0. The number of amides is 1. The summed E-state index contributed by atoms with van der Waals surface area (Å²) in [6, 6.07) is -0.654. The first-order chi connectivity index (χ1) is 9.37. The van der Waals surface area contributed by atoms with Gasteiger partial charge in [-0.3, -0.25) is 9.69 Å². The average Bonchev–Trinajstić information content (AvgIpc) is 2.72. The molecule has 0 radical (unpaired) electrons. The molecular weight excluding hydrogens is 294 g/mol. The molecule has 0 aromatic heterocycles. The highest BCUT2D eigenvalue weighted by Gasteiger charge is 2.74. The van der Waals surface area contributed by atoms with Crippen LogP contribution in [-0.4, -0.2) is 47.1 Å². The van der Waals surface area contributed by atoms with Crippen LogP contribution in [0.1, 0.15) is 41.5 Å². The Morgan fingerprint density at radius 3 is 2.19 bits per heavy atom. The summed E-state index contributed by atoms with van der Waals surface area (Å²) in [5.74, 6) is -0.168. The van der Waals surface area contributed by atoms with Gasteiger partial charge in [-0.15, -0.1) is 11.6 Å². The molecular formula is C15H24ClNO4. The van der Waals surface area contributed by atoms with E-state index in [1.54, 1.807) is 0 Å². The van der Waals surface area contributed by atoms with Crippen molar-refractivity contribution in [2.75, 3.05) is 7.11 Å². The van der Waals surface area contributed by atoms with Crippen molar-refractivity contribution in [3.05, 3.63) is 0 Å². The maximum Gasteiger partial charge on any atom is 0.412 e. The van der Waals surface area contributed by atoms with E-state index in [4.69, 9.17) is 21.1 Å². The van der Waals surface area contributed by atoms with Crippen LogP contribution in [-0.2, 0) is 14.3 Å². The van der Waals surface area contributed by atoms with Gasteiger partial charge in [-0.2, -0.15) is 0 Å². The normalized spacial score (nSPS) is 36.3. The Kier molecular flexibility index (Phi) is 3.62. The molecule has 0 spiro atoms. The number of alkyl halides is 1. The molecule has 1 aliphatic heterocycles. The monoisotopic (exact) mass is 317 g/mol. The fourth-order valence-corrected chi connectivity index (χ4v) is 3.42. The van der Waals surface area contributed by atoms with Crippen molar-refractivity contribution in [1.29, 1.82) is 0 Å². The summed E-state index contributed by atoms with van der Waals surface area (Å²) in [6.45, 7) is 11.6. The zero-order chi connectivity index (χ0) is 16.4. The standard InChI is InChI=1S/C15H24ClNO4/c1-13(2,3)11-17(12(19)20-7)8-9(18)15(16,10(8)21-11)14(4,5)6/h8,10-11H,1-7H3/t8-,10-,11+,15-/m0/s1. The summed E-state index contributed by atoms with van der Waals surface area (Å²) in [4.78, 5) is 25.0. The highest BCUT2D eigenvalue weighted by Crippen LogP contribution is 2.56. The van der Waals surface area contributed by atoms with Crippen molar-refractivity contribution < 1.29 is 19.1 Å². The second kappa shape index (κ2) is 4.59. The number of hydrogen-bond acceptors (Lipinski definition) is 4. The predicted molar refractivity (Wildman–Crippen MR) is 79.2 cm³/mol. The summed E-state index contributed by atoms with van der Waals surface area (Å²) in [7, 11) is 1.30. The van der Waals surface area contributed by atoms with Crippen LogP contribution in [0.15, 0.2) is 0 Å². The lowest BCUT2D eigenvalue weighted by Crippen LogP contribution is -2.74. The van der Waals surface area contributed by atoms with Gasteiger partial charge in [0.15, 0.2) is 5.78 Å². The van der Waals surface area contributed by atoms with E-state index in [2.05, 4.69) is 0 Å². The zero-order valence-corrected chi connectivity index (χ0v) is 14.4. The minimum atomic E-state index is -1.11. The van der Waals surface area contributed by atoms with Gasteiger partial charge in [0.2, 0.25) is 0 Å². The Morgan fingerprint density at radius 2 is 1.81 bits per heavy atom. The molecule has 21 heavy (non-hydrogen) atoms. The van der Waals surface area contributed by atoms with E-state index in [1.165, 1.54) is 12.0 Å². The Morgan fingerprint density at radius 1 is 1.29 bits per heavy atom. The number of carbonyl (C=O) groups excluding carboxylic acids is 2. The van der Waals surface area contributed by atoms with E-state index in [9.17, 15) is 9.59 Å². The van der Waals surface area contributed by atoms with Crippen molar-refractivity contribution in [2.45, 2.75) is 64.8 Å². The maximum absolute atomic E-state index is 12.7. The molecule has 6 heteroatoms. The number of carbonyl (C=O) groups is 2. The van der Waals surface area contributed by atoms with Crippen molar-refractivity contribution in [2.24, 2.45) is 10.8 Å². The van der Waals surface area contributed by atoms with Crippen LogP contribution in [0.25, 0.3) is 0 Å². The largest absolute Gasteiger partial charge is 0.453 e. The van der Waals surface area contributed by atoms with Gasteiger partial charge in [-0.1, -0.05) is 41.5 Å². The predicted octanol–water partition coefficient (Wildman–Crippen LogP) is 2.80. The fourth-order valence-electron chi connectivity index (χ4n) is 3.14. The molecule has 2 aliphatic rings. The van der Waals surface area contributed by atoms with E-state index in [-0.39, 0.29) is 11.2 Å². The van der Waals surface area contributed by atoms with Gasteiger partial charge < -0.3 is 9.47 Å². The van der Waals surface area contributed by atoms with Crippen LogP contribution >= 0.6 is 11.6 Å². The number of ether oxygens (including phenoxy) is 2. The first-order valence-corrected chi connectivity index (χ1v) is 7.50. The number of nitrogens with zero attached hydrogens (tertiary/aromatic N) is 1. The van der Waals surface area contributed by atoms with Gasteiger partial charge in [-0.05, 0) is 5.41 Å². The number of halogens is 1. The first kappa shape index (κ1) is 16.6. The van der Waals surface area contributed by atoms with Crippen LogP contribution in [0.2, 0.25) is 0 Å². The first-order valence-electron chi connectivity index (χ1n) is 7.12. The number of hydrogen-bond donors (Lipinski definition) is 0. The Balaban J connectivity index is 2.42. The Hall–Kier alpha value is -0.810.